The Bertz CT molecular complexity index is 762. The Labute approximate surface area is 137 Å². The zero-order valence-corrected chi connectivity index (χ0v) is 13.0. The second kappa shape index (κ2) is 7.54. The normalized spacial score (nSPS) is 10.4. The first-order chi connectivity index (χ1) is 11.4. The van der Waals surface area contributed by atoms with Crippen LogP contribution in [0.5, 0.6) is 11.5 Å². The molecule has 24 heavy (non-hydrogen) atoms. The average Bonchev–Trinajstić information content (AvgIpc) is 2.54. The molecule has 0 aromatic heterocycles. The van der Waals surface area contributed by atoms with Gasteiger partial charge >= 0.3 is 6.61 Å². The minimum Gasteiger partial charge on any atom is -0.493 e. The van der Waals surface area contributed by atoms with Crippen LogP contribution in [0.25, 0.3) is 0 Å². The zero-order valence-electron chi connectivity index (χ0n) is 13.0. The van der Waals surface area contributed by atoms with Gasteiger partial charge < -0.3 is 14.8 Å². The van der Waals surface area contributed by atoms with Crippen molar-refractivity contribution in [3.05, 3.63) is 53.6 Å². The van der Waals surface area contributed by atoms with E-state index in [9.17, 15) is 18.4 Å². The molecule has 0 bridgehead atoms. The van der Waals surface area contributed by atoms with Crippen molar-refractivity contribution in [1.29, 1.82) is 0 Å². The summed E-state index contributed by atoms with van der Waals surface area (Å²) in [5.41, 5.74) is 0.976. The number of ketones is 1. The molecule has 0 aliphatic heterocycles. The fraction of sp³-hybridized carbons (Fsp3) is 0.176. The van der Waals surface area contributed by atoms with Crippen LogP contribution in [0.2, 0.25) is 0 Å². The number of benzene rings is 2. The fourth-order valence-corrected chi connectivity index (χ4v) is 2.03. The maximum Gasteiger partial charge on any atom is 0.387 e. The number of rotatable bonds is 6. The minimum atomic E-state index is -3.04. The molecule has 2 rings (SSSR count). The van der Waals surface area contributed by atoms with Gasteiger partial charge in [-0.25, -0.2) is 0 Å². The number of hydrogen-bond donors (Lipinski definition) is 1. The predicted molar refractivity (Wildman–Crippen MR) is 84.0 cm³/mol. The summed E-state index contributed by atoms with van der Waals surface area (Å²) in [7, 11) is 1.31. The maximum absolute atomic E-state index is 12.4. The Morgan fingerprint density at radius 2 is 1.79 bits per heavy atom. The number of ether oxygens (including phenoxy) is 2. The molecular weight excluding hydrogens is 320 g/mol. The summed E-state index contributed by atoms with van der Waals surface area (Å²) in [6.07, 6.45) is 0. The van der Waals surface area contributed by atoms with Crippen LogP contribution in [0.1, 0.15) is 27.6 Å². The Kier molecular flexibility index (Phi) is 5.47. The highest BCUT2D eigenvalue weighted by molar-refractivity contribution is 6.05. The minimum absolute atomic E-state index is 0.0884. The lowest BCUT2D eigenvalue weighted by Crippen LogP contribution is -2.13. The SMILES string of the molecule is COc1ccc(C(=O)Nc2cccc(C(C)=O)c2)cc1OC(F)F. The summed E-state index contributed by atoms with van der Waals surface area (Å²) in [6.45, 7) is -1.62. The second-order valence-electron chi connectivity index (χ2n) is 4.84. The molecule has 7 heteroatoms. The third kappa shape index (κ3) is 4.28. The van der Waals surface area contributed by atoms with Crippen molar-refractivity contribution >= 4 is 17.4 Å². The molecule has 0 aliphatic rings. The van der Waals surface area contributed by atoms with Gasteiger partial charge in [-0.1, -0.05) is 12.1 Å². The third-order valence-corrected chi connectivity index (χ3v) is 3.17. The van der Waals surface area contributed by atoms with E-state index in [2.05, 4.69) is 10.1 Å². The van der Waals surface area contributed by atoms with E-state index < -0.39 is 12.5 Å². The number of carbonyl (C=O) groups excluding carboxylic acids is 2. The maximum atomic E-state index is 12.4. The van der Waals surface area contributed by atoms with Crippen LogP contribution >= 0.6 is 0 Å². The highest BCUT2D eigenvalue weighted by Crippen LogP contribution is 2.29. The molecule has 0 fully saturated rings. The van der Waals surface area contributed by atoms with Crippen molar-refractivity contribution in [2.45, 2.75) is 13.5 Å². The lowest BCUT2D eigenvalue weighted by atomic mass is 10.1. The van der Waals surface area contributed by atoms with Crippen LogP contribution < -0.4 is 14.8 Å². The Morgan fingerprint density at radius 3 is 2.42 bits per heavy atom. The lowest BCUT2D eigenvalue weighted by Gasteiger charge is -2.12. The van der Waals surface area contributed by atoms with Crippen LogP contribution in [0.3, 0.4) is 0 Å². The van der Waals surface area contributed by atoms with E-state index in [0.717, 1.165) is 6.07 Å². The van der Waals surface area contributed by atoms with Gasteiger partial charge in [0.05, 0.1) is 7.11 Å². The Hall–Kier alpha value is -2.96. The van der Waals surface area contributed by atoms with Gasteiger partial charge in [-0.2, -0.15) is 8.78 Å². The standard InChI is InChI=1S/C17H15F2NO4/c1-10(21)11-4-3-5-13(8-11)20-16(22)12-6-7-14(23-2)15(9-12)24-17(18)19/h3-9,17H,1-2H3,(H,20,22). The molecule has 0 saturated heterocycles. The van der Waals surface area contributed by atoms with Gasteiger partial charge in [-0.3, -0.25) is 9.59 Å². The molecular formula is C17H15F2NO4. The first-order valence-corrected chi connectivity index (χ1v) is 6.96. The number of halogens is 2. The van der Waals surface area contributed by atoms with Crippen LogP contribution in [0.4, 0.5) is 14.5 Å². The van der Waals surface area contributed by atoms with E-state index in [1.807, 2.05) is 0 Å². The van der Waals surface area contributed by atoms with Crippen molar-refractivity contribution in [2.24, 2.45) is 0 Å². The Balaban J connectivity index is 2.23. The van der Waals surface area contributed by atoms with Gasteiger partial charge in [-0.15, -0.1) is 0 Å². The summed E-state index contributed by atoms with van der Waals surface area (Å²) in [4.78, 5) is 23.6. The smallest absolute Gasteiger partial charge is 0.387 e. The van der Waals surface area contributed by atoms with Crippen LogP contribution in [0.15, 0.2) is 42.5 Å². The van der Waals surface area contributed by atoms with E-state index in [1.54, 1.807) is 18.2 Å². The molecule has 5 nitrogen and oxygen atoms in total. The zero-order chi connectivity index (χ0) is 17.7. The lowest BCUT2D eigenvalue weighted by molar-refractivity contribution is -0.0512. The summed E-state index contributed by atoms with van der Waals surface area (Å²) in [6, 6.07) is 10.3. The van der Waals surface area contributed by atoms with E-state index in [-0.39, 0.29) is 22.8 Å². The molecule has 2 aromatic carbocycles. The molecule has 0 saturated carbocycles. The number of carbonyl (C=O) groups is 2. The molecule has 2 aromatic rings. The molecule has 1 N–H and O–H groups in total. The highest BCUT2D eigenvalue weighted by Gasteiger charge is 2.15. The van der Waals surface area contributed by atoms with Crippen molar-refractivity contribution in [1.82, 2.24) is 0 Å². The van der Waals surface area contributed by atoms with Crippen LogP contribution in [-0.4, -0.2) is 25.4 Å². The first-order valence-electron chi connectivity index (χ1n) is 6.96. The number of amides is 1. The quantitative estimate of drug-likeness (QED) is 0.817. The van der Waals surface area contributed by atoms with Gasteiger partial charge in [0.1, 0.15) is 0 Å². The van der Waals surface area contributed by atoms with E-state index in [0.29, 0.717) is 11.3 Å². The van der Waals surface area contributed by atoms with Crippen molar-refractivity contribution in [2.75, 3.05) is 12.4 Å². The molecule has 0 radical (unpaired) electrons. The van der Waals surface area contributed by atoms with Gasteiger partial charge in [0.2, 0.25) is 0 Å². The largest absolute Gasteiger partial charge is 0.493 e. The second-order valence-corrected chi connectivity index (χ2v) is 4.84. The van der Waals surface area contributed by atoms with E-state index >= 15 is 0 Å². The Morgan fingerprint density at radius 1 is 1.04 bits per heavy atom. The molecule has 0 unspecified atom stereocenters. The van der Waals surface area contributed by atoms with Crippen LogP contribution in [-0.2, 0) is 0 Å². The number of methoxy groups -OCH3 is 1. The van der Waals surface area contributed by atoms with E-state index in [1.165, 1.54) is 32.2 Å². The molecule has 0 aliphatic carbocycles. The summed E-state index contributed by atoms with van der Waals surface area (Å²) in [5, 5.41) is 2.60. The first kappa shape index (κ1) is 17.4. The summed E-state index contributed by atoms with van der Waals surface area (Å²) < 4.78 is 34.1. The van der Waals surface area contributed by atoms with Gasteiger partial charge in [0.15, 0.2) is 17.3 Å². The summed E-state index contributed by atoms with van der Waals surface area (Å²) in [5.74, 6) is -0.816. The highest BCUT2D eigenvalue weighted by atomic mass is 19.3. The van der Waals surface area contributed by atoms with Crippen LogP contribution in [0, 0.1) is 0 Å². The van der Waals surface area contributed by atoms with Crippen molar-refractivity contribution < 1.29 is 27.8 Å². The predicted octanol–water partition coefficient (Wildman–Crippen LogP) is 3.75. The number of nitrogens with one attached hydrogen (secondary N) is 1. The molecule has 1 amide bonds. The monoisotopic (exact) mass is 335 g/mol. The van der Waals surface area contributed by atoms with Crippen molar-refractivity contribution in [3.8, 4) is 11.5 Å². The third-order valence-electron chi connectivity index (χ3n) is 3.17. The topological polar surface area (TPSA) is 64.6 Å². The summed E-state index contributed by atoms with van der Waals surface area (Å²) >= 11 is 0. The molecule has 0 atom stereocenters. The number of alkyl halides is 2. The number of Topliss-reactive ketones (excluding diaryl/α,β-unsaturated/α-hetero) is 1. The molecule has 126 valence electrons. The average molecular weight is 335 g/mol. The number of anilines is 1. The molecule has 0 spiro atoms. The van der Waals surface area contributed by atoms with E-state index in [4.69, 9.17) is 4.74 Å². The van der Waals surface area contributed by atoms with Gasteiger partial charge in [-0.05, 0) is 37.3 Å². The fourth-order valence-electron chi connectivity index (χ4n) is 2.03. The molecule has 0 heterocycles. The van der Waals surface area contributed by atoms with Gasteiger partial charge in [0.25, 0.3) is 5.91 Å². The van der Waals surface area contributed by atoms with Crippen molar-refractivity contribution in [3.63, 3.8) is 0 Å². The van der Waals surface area contributed by atoms with Gasteiger partial charge in [0, 0.05) is 16.8 Å². The number of hydrogen-bond acceptors (Lipinski definition) is 4.